The molecule has 2 atom stereocenters. The molecule has 1 amide bonds. The summed E-state index contributed by atoms with van der Waals surface area (Å²) in [6.45, 7) is 4.79. The molecule has 126 valence electrons. The molecule has 2 unspecified atom stereocenters. The smallest absolute Gasteiger partial charge is 0.254 e. The summed E-state index contributed by atoms with van der Waals surface area (Å²) in [5.74, 6) is 0.849. The van der Waals surface area contributed by atoms with Gasteiger partial charge in [-0.2, -0.15) is 0 Å². The fourth-order valence-electron chi connectivity index (χ4n) is 3.43. The van der Waals surface area contributed by atoms with Crippen LogP contribution in [-0.4, -0.2) is 22.9 Å². The van der Waals surface area contributed by atoms with Crippen LogP contribution in [0.1, 0.15) is 49.0 Å². The highest BCUT2D eigenvalue weighted by Gasteiger charge is 2.29. The maximum Gasteiger partial charge on any atom is 0.254 e. The number of nitrogens with zero attached hydrogens (tertiary/aromatic N) is 1. The molecule has 1 aliphatic heterocycles. The van der Waals surface area contributed by atoms with Crippen LogP contribution in [0, 0.1) is 0 Å². The average Bonchev–Trinajstić information content (AvgIpc) is 2.61. The Morgan fingerprint density at radius 1 is 1.04 bits per heavy atom. The number of hydrogen-bond donors (Lipinski definition) is 0. The van der Waals surface area contributed by atoms with Gasteiger partial charge in [-0.05, 0) is 56.9 Å². The standard InChI is InChI=1S/C21H25NO2/c1-16-8-6-9-17(2)22(16)21(23)19-12-7-13-20(14-19)24-15-18-10-4-3-5-11-18/h3-5,7,10-14,16-17H,6,8-9,15H2,1-2H3. The molecule has 3 heteroatoms. The van der Waals surface area contributed by atoms with Gasteiger partial charge in [0.2, 0.25) is 0 Å². The number of likely N-dealkylation sites (tertiary alicyclic amines) is 1. The van der Waals surface area contributed by atoms with Crippen molar-refractivity contribution in [3.63, 3.8) is 0 Å². The predicted octanol–water partition coefficient (Wildman–Crippen LogP) is 4.67. The van der Waals surface area contributed by atoms with E-state index in [1.807, 2.05) is 59.5 Å². The number of hydrogen-bond acceptors (Lipinski definition) is 2. The molecule has 1 aliphatic rings. The van der Waals surface area contributed by atoms with Crippen LogP contribution in [0.5, 0.6) is 5.75 Å². The molecular formula is C21H25NO2. The van der Waals surface area contributed by atoms with Crippen LogP contribution in [-0.2, 0) is 6.61 Å². The third kappa shape index (κ3) is 3.78. The second kappa shape index (κ2) is 7.52. The summed E-state index contributed by atoms with van der Waals surface area (Å²) >= 11 is 0. The Morgan fingerprint density at radius 2 is 1.75 bits per heavy atom. The van der Waals surface area contributed by atoms with Crippen molar-refractivity contribution < 1.29 is 9.53 Å². The Balaban J connectivity index is 1.71. The Morgan fingerprint density at radius 3 is 2.46 bits per heavy atom. The van der Waals surface area contributed by atoms with Gasteiger partial charge in [-0.25, -0.2) is 0 Å². The lowest BCUT2D eigenvalue weighted by molar-refractivity contribution is 0.0510. The summed E-state index contributed by atoms with van der Waals surface area (Å²) in [7, 11) is 0. The second-order valence-corrected chi connectivity index (χ2v) is 6.64. The maximum absolute atomic E-state index is 12.9. The molecule has 1 fully saturated rings. The Hall–Kier alpha value is -2.29. The lowest BCUT2D eigenvalue weighted by atomic mass is 9.96. The number of carbonyl (C=O) groups excluding carboxylic acids is 1. The molecule has 24 heavy (non-hydrogen) atoms. The first-order valence-electron chi connectivity index (χ1n) is 8.74. The molecule has 1 saturated heterocycles. The van der Waals surface area contributed by atoms with Crippen LogP contribution in [0.25, 0.3) is 0 Å². The van der Waals surface area contributed by atoms with Gasteiger partial charge < -0.3 is 9.64 Å². The van der Waals surface area contributed by atoms with Crippen molar-refractivity contribution in [2.45, 2.75) is 51.8 Å². The van der Waals surface area contributed by atoms with Gasteiger partial charge in [0.25, 0.3) is 5.91 Å². The minimum atomic E-state index is 0.111. The quantitative estimate of drug-likeness (QED) is 0.818. The van der Waals surface area contributed by atoms with Gasteiger partial charge in [0, 0.05) is 17.6 Å². The van der Waals surface area contributed by atoms with E-state index in [-0.39, 0.29) is 5.91 Å². The van der Waals surface area contributed by atoms with E-state index in [4.69, 9.17) is 4.74 Å². The van der Waals surface area contributed by atoms with Crippen molar-refractivity contribution in [1.29, 1.82) is 0 Å². The molecule has 1 heterocycles. The Labute approximate surface area is 144 Å². The normalized spacial score (nSPS) is 20.7. The molecular weight excluding hydrogens is 298 g/mol. The molecule has 3 rings (SSSR count). The number of carbonyl (C=O) groups is 1. The van der Waals surface area contributed by atoms with E-state index in [2.05, 4.69) is 13.8 Å². The van der Waals surface area contributed by atoms with Crippen molar-refractivity contribution in [2.75, 3.05) is 0 Å². The monoisotopic (exact) mass is 323 g/mol. The molecule has 2 aromatic rings. The minimum absolute atomic E-state index is 0.111. The van der Waals surface area contributed by atoms with E-state index in [9.17, 15) is 4.79 Å². The third-order valence-corrected chi connectivity index (χ3v) is 4.76. The molecule has 0 N–H and O–H groups in total. The molecule has 3 nitrogen and oxygen atoms in total. The summed E-state index contributed by atoms with van der Waals surface area (Å²) in [5.41, 5.74) is 1.83. The molecule has 0 bridgehead atoms. The van der Waals surface area contributed by atoms with Crippen molar-refractivity contribution >= 4 is 5.91 Å². The van der Waals surface area contributed by atoms with Gasteiger partial charge in [0.15, 0.2) is 0 Å². The number of benzene rings is 2. The first-order chi connectivity index (χ1) is 11.6. The van der Waals surface area contributed by atoms with E-state index in [1.54, 1.807) is 0 Å². The van der Waals surface area contributed by atoms with Crippen molar-refractivity contribution in [3.05, 3.63) is 65.7 Å². The zero-order chi connectivity index (χ0) is 16.9. The van der Waals surface area contributed by atoms with Crippen LogP contribution in [0.3, 0.4) is 0 Å². The predicted molar refractivity (Wildman–Crippen MR) is 96.2 cm³/mol. The molecule has 2 aromatic carbocycles. The Bertz CT molecular complexity index is 673. The topological polar surface area (TPSA) is 29.5 Å². The highest BCUT2D eigenvalue weighted by molar-refractivity contribution is 5.95. The van der Waals surface area contributed by atoms with Gasteiger partial charge in [0.05, 0.1) is 0 Å². The summed E-state index contributed by atoms with van der Waals surface area (Å²) in [6, 6.07) is 18.2. The summed E-state index contributed by atoms with van der Waals surface area (Å²) in [4.78, 5) is 14.9. The zero-order valence-corrected chi connectivity index (χ0v) is 14.4. The highest BCUT2D eigenvalue weighted by Crippen LogP contribution is 2.25. The van der Waals surface area contributed by atoms with Crippen molar-refractivity contribution in [1.82, 2.24) is 4.90 Å². The molecule has 0 aromatic heterocycles. The SMILES string of the molecule is CC1CCCC(C)N1C(=O)c1cccc(OCc2ccccc2)c1. The van der Waals surface area contributed by atoms with Gasteiger partial charge in [-0.1, -0.05) is 36.4 Å². The van der Waals surface area contributed by atoms with E-state index >= 15 is 0 Å². The zero-order valence-electron chi connectivity index (χ0n) is 14.4. The number of amides is 1. The fraction of sp³-hybridized carbons (Fsp3) is 0.381. The molecule has 0 aliphatic carbocycles. The molecule has 0 spiro atoms. The number of rotatable bonds is 4. The average molecular weight is 323 g/mol. The van der Waals surface area contributed by atoms with Gasteiger partial charge in [-0.3, -0.25) is 4.79 Å². The van der Waals surface area contributed by atoms with Gasteiger partial charge >= 0.3 is 0 Å². The summed E-state index contributed by atoms with van der Waals surface area (Å²) < 4.78 is 5.85. The lowest BCUT2D eigenvalue weighted by Gasteiger charge is -2.39. The van der Waals surface area contributed by atoms with Crippen LogP contribution >= 0.6 is 0 Å². The lowest BCUT2D eigenvalue weighted by Crippen LogP contribution is -2.47. The van der Waals surface area contributed by atoms with Gasteiger partial charge in [0.1, 0.15) is 12.4 Å². The van der Waals surface area contributed by atoms with Crippen LogP contribution < -0.4 is 4.74 Å². The third-order valence-electron chi connectivity index (χ3n) is 4.76. The molecule has 0 saturated carbocycles. The summed E-state index contributed by atoms with van der Waals surface area (Å²) in [5, 5.41) is 0. The first-order valence-corrected chi connectivity index (χ1v) is 8.74. The second-order valence-electron chi connectivity index (χ2n) is 6.64. The van der Waals surface area contributed by atoms with Gasteiger partial charge in [-0.15, -0.1) is 0 Å². The van der Waals surface area contributed by atoms with Crippen LogP contribution in [0.4, 0.5) is 0 Å². The van der Waals surface area contributed by atoms with Crippen molar-refractivity contribution in [3.8, 4) is 5.75 Å². The number of ether oxygens (including phenoxy) is 1. The Kier molecular flexibility index (Phi) is 5.19. The van der Waals surface area contributed by atoms with E-state index < -0.39 is 0 Å². The fourth-order valence-corrected chi connectivity index (χ4v) is 3.43. The largest absolute Gasteiger partial charge is 0.489 e. The molecule has 0 radical (unpaired) electrons. The number of piperidine rings is 1. The summed E-state index contributed by atoms with van der Waals surface area (Å²) in [6.07, 6.45) is 3.37. The van der Waals surface area contributed by atoms with Crippen LogP contribution in [0.15, 0.2) is 54.6 Å². The highest BCUT2D eigenvalue weighted by atomic mass is 16.5. The maximum atomic E-state index is 12.9. The van der Waals surface area contributed by atoms with Crippen LogP contribution in [0.2, 0.25) is 0 Å². The van der Waals surface area contributed by atoms with E-state index in [0.29, 0.717) is 24.3 Å². The van der Waals surface area contributed by atoms with E-state index in [0.717, 1.165) is 24.2 Å². The minimum Gasteiger partial charge on any atom is -0.489 e. The van der Waals surface area contributed by atoms with Crippen molar-refractivity contribution in [2.24, 2.45) is 0 Å². The first kappa shape index (κ1) is 16.6. The van der Waals surface area contributed by atoms with E-state index in [1.165, 1.54) is 6.42 Å².